The number of nitrogens with one attached hydrogen (secondary N) is 4. The highest BCUT2D eigenvalue weighted by Crippen LogP contribution is 2.21. The summed E-state index contributed by atoms with van der Waals surface area (Å²) in [6.07, 6.45) is 1.46. The third kappa shape index (κ3) is 14.2. The highest BCUT2D eigenvalue weighted by Gasteiger charge is 2.35. The molecule has 0 bridgehead atoms. The lowest BCUT2D eigenvalue weighted by atomic mass is 9.99. The molecule has 1 aliphatic heterocycles. The van der Waals surface area contributed by atoms with Gasteiger partial charge in [-0.1, -0.05) is 26.0 Å². The Kier molecular flexibility index (Phi) is 15.2. The third-order valence-electron chi connectivity index (χ3n) is 7.81. The minimum Gasteiger partial charge on any atom is -0.461 e. The predicted molar refractivity (Wildman–Crippen MR) is 177 cm³/mol. The molecule has 0 spiro atoms. The highest BCUT2D eigenvalue weighted by atomic mass is 16.5. The number of carbonyl (C=O) groups is 7. The summed E-state index contributed by atoms with van der Waals surface area (Å²) in [6, 6.07) is 5.92. The molecule has 2 rings (SSSR count). The van der Waals surface area contributed by atoms with Gasteiger partial charge in [-0.2, -0.15) is 0 Å². The number of benzene rings is 1. The molecule has 266 valence electrons. The number of rotatable bonds is 19. The summed E-state index contributed by atoms with van der Waals surface area (Å²) in [5.41, 5.74) is 0.0251. The number of hydrogen-bond donors (Lipinski definition) is 4. The zero-order valence-corrected chi connectivity index (χ0v) is 29.2. The van der Waals surface area contributed by atoms with Crippen LogP contribution in [0.1, 0.15) is 92.6 Å². The molecular formula is C34H51N5O9. The number of hydrogen-bond acceptors (Lipinski definition) is 9. The normalized spacial score (nSPS) is 15.5. The second kappa shape index (κ2) is 18.3. The van der Waals surface area contributed by atoms with Crippen LogP contribution in [0.2, 0.25) is 0 Å². The van der Waals surface area contributed by atoms with Crippen LogP contribution in [0, 0.1) is 5.92 Å². The maximum absolute atomic E-state index is 12.5. The van der Waals surface area contributed by atoms with Gasteiger partial charge in [-0.3, -0.25) is 38.5 Å². The SMILES string of the molecule is CCC(=O)OCc1ccc(NC(=O)C(C)NC(=O)CNC(=O)CCC(C)(C)OCCC(C)(C)NC(=O)CCN2C(=O)CC(C)C2=O)cc1. The van der Waals surface area contributed by atoms with E-state index < -0.39 is 29.0 Å². The zero-order chi connectivity index (χ0) is 36.1. The lowest BCUT2D eigenvalue weighted by Crippen LogP contribution is -2.46. The van der Waals surface area contributed by atoms with Gasteiger partial charge in [-0.05, 0) is 65.2 Å². The molecule has 48 heavy (non-hydrogen) atoms. The molecule has 1 heterocycles. The van der Waals surface area contributed by atoms with Gasteiger partial charge in [0.05, 0.1) is 12.1 Å². The van der Waals surface area contributed by atoms with E-state index in [1.165, 1.54) is 6.92 Å². The Labute approximate surface area is 282 Å². The van der Waals surface area contributed by atoms with Gasteiger partial charge in [0.1, 0.15) is 12.6 Å². The lowest BCUT2D eigenvalue weighted by Gasteiger charge is -2.30. The van der Waals surface area contributed by atoms with Crippen LogP contribution in [0.15, 0.2) is 24.3 Å². The van der Waals surface area contributed by atoms with E-state index in [1.807, 2.05) is 27.7 Å². The molecule has 1 saturated heterocycles. The molecule has 0 saturated carbocycles. The van der Waals surface area contributed by atoms with E-state index in [1.54, 1.807) is 38.1 Å². The largest absolute Gasteiger partial charge is 0.461 e. The van der Waals surface area contributed by atoms with Gasteiger partial charge in [0, 0.05) is 56.0 Å². The zero-order valence-electron chi connectivity index (χ0n) is 29.2. The molecule has 1 aromatic carbocycles. The quantitative estimate of drug-likeness (QED) is 0.126. The van der Waals surface area contributed by atoms with Crippen LogP contribution in [-0.2, 0) is 49.6 Å². The maximum atomic E-state index is 12.5. The van der Waals surface area contributed by atoms with Gasteiger partial charge < -0.3 is 30.7 Å². The molecular weight excluding hydrogens is 622 g/mol. The molecule has 14 nitrogen and oxygen atoms in total. The smallest absolute Gasteiger partial charge is 0.305 e. The first-order valence-electron chi connectivity index (χ1n) is 16.3. The average molecular weight is 674 g/mol. The van der Waals surface area contributed by atoms with Gasteiger partial charge in [0.15, 0.2) is 0 Å². The van der Waals surface area contributed by atoms with E-state index >= 15 is 0 Å². The summed E-state index contributed by atoms with van der Waals surface area (Å²) in [7, 11) is 0. The molecule has 0 aromatic heterocycles. The van der Waals surface area contributed by atoms with Crippen LogP contribution in [0.25, 0.3) is 0 Å². The number of likely N-dealkylation sites (tertiary alicyclic amines) is 1. The monoisotopic (exact) mass is 673 g/mol. The van der Waals surface area contributed by atoms with Gasteiger partial charge in [0.25, 0.3) is 0 Å². The van der Waals surface area contributed by atoms with Crippen molar-refractivity contribution in [1.82, 2.24) is 20.9 Å². The van der Waals surface area contributed by atoms with Crippen molar-refractivity contribution in [3.8, 4) is 0 Å². The number of nitrogens with zero attached hydrogens (tertiary/aromatic N) is 1. The Morgan fingerprint density at radius 3 is 2.23 bits per heavy atom. The van der Waals surface area contributed by atoms with Crippen molar-refractivity contribution in [2.24, 2.45) is 5.92 Å². The number of esters is 1. The molecule has 0 radical (unpaired) electrons. The van der Waals surface area contributed by atoms with E-state index in [0.717, 1.165) is 10.5 Å². The standard InChI is InChI=1S/C34H51N5O9/c1-8-30(44)47-21-24-9-11-25(12-10-24)37-31(45)23(3)36-28(42)20-35-26(40)13-15-34(6,7)48-18-16-33(4,5)38-27(41)14-17-39-29(43)19-22(2)32(39)46/h9-12,22-23H,8,13-21H2,1-7H3,(H,35,40)(H,36,42)(H,37,45)(H,38,41). The summed E-state index contributed by atoms with van der Waals surface area (Å²) in [4.78, 5) is 86.2. The lowest BCUT2D eigenvalue weighted by molar-refractivity contribution is -0.144. The Hall–Kier alpha value is -4.33. The molecule has 1 fully saturated rings. The van der Waals surface area contributed by atoms with Crippen LogP contribution < -0.4 is 21.3 Å². The third-order valence-corrected chi connectivity index (χ3v) is 7.81. The van der Waals surface area contributed by atoms with Crippen LogP contribution in [0.3, 0.4) is 0 Å². The molecule has 2 atom stereocenters. The fourth-order valence-corrected chi connectivity index (χ4v) is 4.69. The summed E-state index contributed by atoms with van der Waals surface area (Å²) < 4.78 is 11.1. The Morgan fingerprint density at radius 2 is 1.62 bits per heavy atom. The summed E-state index contributed by atoms with van der Waals surface area (Å²) in [6.45, 7) is 12.5. The maximum Gasteiger partial charge on any atom is 0.305 e. The first kappa shape index (κ1) is 39.8. The molecule has 0 aliphatic carbocycles. The molecule has 1 aromatic rings. The van der Waals surface area contributed by atoms with Crippen LogP contribution in [0.5, 0.6) is 0 Å². The number of anilines is 1. The topological polar surface area (TPSA) is 189 Å². The predicted octanol–water partition coefficient (Wildman–Crippen LogP) is 2.34. The fraction of sp³-hybridized carbons (Fsp3) is 0.618. The van der Waals surface area contributed by atoms with Crippen LogP contribution in [-0.4, -0.2) is 83.2 Å². The first-order chi connectivity index (χ1) is 22.4. The number of ether oxygens (including phenoxy) is 2. The fourth-order valence-electron chi connectivity index (χ4n) is 4.69. The van der Waals surface area contributed by atoms with Crippen molar-refractivity contribution in [2.75, 3.05) is 25.0 Å². The summed E-state index contributed by atoms with van der Waals surface area (Å²) >= 11 is 0. The molecule has 1 aliphatic rings. The van der Waals surface area contributed by atoms with E-state index in [-0.39, 0.29) is 80.9 Å². The molecule has 4 N–H and O–H groups in total. The van der Waals surface area contributed by atoms with E-state index in [9.17, 15) is 33.6 Å². The number of amides is 6. The van der Waals surface area contributed by atoms with Gasteiger partial charge in [0.2, 0.25) is 35.4 Å². The minimum atomic E-state index is -0.858. The second-order valence-electron chi connectivity index (χ2n) is 13.3. The van der Waals surface area contributed by atoms with E-state index in [0.29, 0.717) is 25.1 Å². The van der Waals surface area contributed by atoms with Crippen molar-refractivity contribution < 1.29 is 43.0 Å². The van der Waals surface area contributed by atoms with Gasteiger partial charge in [-0.25, -0.2) is 0 Å². The number of carbonyl (C=O) groups excluding carboxylic acids is 7. The summed E-state index contributed by atoms with van der Waals surface area (Å²) in [5, 5.41) is 10.7. The van der Waals surface area contributed by atoms with Crippen LogP contribution >= 0.6 is 0 Å². The van der Waals surface area contributed by atoms with Crippen molar-refractivity contribution in [3.63, 3.8) is 0 Å². The molecule has 14 heteroatoms. The van der Waals surface area contributed by atoms with Gasteiger partial charge in [-0.15, -0.1) is 0 Å². The van der Waals surface area contributed by atoms with Crippen LogP contribution in [0.4, 0.5) is 5.69 Å². The Morgan fingerprint density at radius 1 is 0.958 bits per heavy atom. The van der Waals surface area contributed by atoms with Crippen molar-refractivity contribution in [2.45, 2.75) is 111 Å². The number of imide groups is 1. The minimum absolute atomic E-state index is 0.0228. The van der Waals surface area contributed by atoms with E-state index in [4.69, 9.17) is 9.47 Å². The highest BCUT2D eigenvalue weighted by molar-refractivity contribution is 6.03. The summed E-state index contributed by atoms with van der Waals surface area (Å²) in [5.74, 6) is -2.72. The average Bonchev–Trinajstić information content (AvgIpc) is 3.26. The Bertz CT molecular complexity index is 1330. The van der Waals surface area contributed by atoms with Crippen molar-refractivity contribution >= 4 is 47.1 Å². The Balaban J connectivity index is 1.64. The van der Waals surface area contributed by atoms with E-state index in [2.05, 4.69) is 21.3 Å². The first-order valence-corrected chi connectivity index (χ1v) is 16.3. The van der Waals surface area contributed by atoms with Crippen molar-refractivity contribution in [3.05, 3.63) is 29.8 Å². The molecule has 6 amide bonds. The van der Waals surface area contributed by atoms with Crippen molar-refractivity contribution in [1.29, 1.82) is 0 Å². The van der Waals surface area contributed by atoms with Gasteiger partial charge >= 0.3 is 5.97 Å². The molecule has 2 unspecified atom stereocenters. The second-order valence-corrected chi connectivity index (χ2v) is 13.3.